The van der Waals surface area contributed by atoms with Gasteiger partial charge in [0.1, 0.15) is 0 Å². The molecule has 96 valence electrons. The number of rotatable bonds is 2. The monoisotopic (exact) mass is 249 g/mol. The van der Waals surface area contributed by atoms with Crippen LogP contribution in [0.5, 0.6) is 0 Å². The molecule has 1 amide bonds. The molecule has 1 N–H and O–H groups in total. The van der Waals surface area contributed by atoms with Crippen LogP contribution in [0.1, 0.15) is 25.8 Å². The second-order valence-electron chi connectivity index (χ2n) is 4.08. The summed E-state index contributed by atoms with van der Waals surface area (Å²) in [6, 6.07) is 3.40. The highest BCUT2D eigenvalue weighted by Crippen LogP contribution is 2.35. The summed E-state index contributed by atoms with van der Waals surface area (Å²) in [7, 11) is 0. The number of ether oxygens (including phenoxy) is 1. The summed E-state index contributed by atoms with van der Waals surface area (Å²) in [5, 5.41) is 15.7. The summed E-state index contributed by atoms with van der Waals surface area (Å²) in [4.78, 5) is 15.7. The lowest BCUT2D eigenvalue weighted by Crippen LogP contribution is -2.43. The molecule has 0 spiro atoms. The third kappa shape index (κ3) is 2.06. The van der Waals surface area contributed by atoms with Crippen LogP contribution in [0, 0.1) is 0 Å². The molecular formula is C12H15N3O3. The van der Waals surface area contributed by atoms with E-state index in [1.165, 1.54) is 6.20 Å². The Kier molecular flexibility index (Phi) is 3.29. The van der Waals surface area contributed by atoms with Crippen molar-refractivity contribution >= 4 is 11.8 Å². The van der Waals surface area contributed by atoms with Crippen molar-refractivity contribution in [1.82, 2.24) is 9.99 Å². The average molecular weight is 249 g/mol. The van der Waals surface area contributed by atoms with E-state index in [1.54, 1.807) is 32.2 Å². The van der Waals surface area contributed by atoms with Gasteiger partial charge in [-0.1, -0.05) is 6.07 Å². The molecule has 0 aromatic carbocycles. The molecule has 1 aliphatic rings. The number of pyridine rings is 1. The summed E-state index contributed by atoms with van der Waals surface area (Å²) in [5.74, 6) is 0. The van der Waals surface area contributed by atoms with Crippen LogP contribution in [-0.4, -0.2) is 33.5 Å². The van der Waals surface area contributed by atoms with Crippen molar-refractivity contribution in [2.24, 2.45) is 5.10 Å². The summed E-state index contributed by atoms with van der Waals surface area (Å²) in [6.45, 7) is 3.68. The first kappa shape index (κ1) is 12.5. The first-order chi connectivity index (χ1) is 8.58. The molecule has 0 saturated heterocycles. The predicted molar refractivity (Wildman–Crippen MR) is 64.7 cm³/mol. The van der Waals surface area contributed by atoms with Crippen molar-refractivity contribution in [2.45, 2.75) is 26.0 Å². The van der Waals surface area contributed by atoms with E-state index in [0.29, 0.717) is 11.3 Å². The summed E-state index contributed by atoms with van der Waals surface area (Å²) in [6.07, 6.45) is 2.70. The van der Waals surface area contributed by atoms with Crippen LogP contribution >= 0.6 is 0 Å². The fraction of sp³-hybridized carbons (Fsp3) is 0.417. The Morgan fingerprint density at radius 2 is 2.44 bits per heavy atom. The maximum absolute atomic E-state index is 11.8. The van der Waals surface area contributed by atoms with Crippen LogP contribution in [0.2, 0.25) is 0 Å². The van der Waals surface area contributed by atoms with Crippen LogP contribution in [0.3, 0.4) is 0 Å². The number of amides is 1. The highest BCUT2D eigenvalue weighted by Gasteiger charge is 2.45. The topological polar surface area (TPSA) is 75.0 Å². The van der Waals surface area contributed by atoms with Crippen LogP contribution in [0.25, 0.3) is 0 Å². The quantitative estimate of drug-likeness (QED) is 0.861. The molecule has 0 bridgehead atoms. The third-order valence-electron chi connectivity index (χ3n) is 2.69. The molecule has 2 heterocycles. The lowest BCUT2D eigenvalue weighted by molar-refractivity contribution is -0.0857. The molecule has 0 radical (unpaired) electrons. The highest BCUT2D eigenvalue weighted by atomic mass is 16.6. The zero-order valence-electron chi connectivity index (χ0n) is 10.3. The fourth-order valence-electron chi connectivity index (χ4n) is 1.92. The molecule has 1 aromatic heterocycles. The van der Waals surface area contributed by atoms with Crippen LogP contribution in [-0.2, 0) is 10.5 Å². The van der Waals surface area contributed by atoms with Gasteiger partial charge >= 0.3 is 6.09 Å². The lowest BCUT2D eigenvalue weighted by Gasteiger charge is -2.30. The van der Waals surface area contributed by atoms with E-state index in [2.05, 4.69) is 10.1 Å². The van der Waals surface area contributed by atoms with Gasteiger partial charge in [-0.15, -0.1) is 0 Å². The molecule has 1 atom stereocenters. The molecule has 2 rings (SSSR count). The normalized spacial score (nSPS) is 22.8. The van der Waals surface area contributed by atoms with E-state index in [0.717, 1.165) is 5.01 Å². The number of carbonyl (C=O) groups excluding carboxylic acids is 1. The SMILES string of the molecule is CCOC(=O)N1N=C(C)C[C@@]1(O)c1cccnc1. The number of hydrogen-bond donors (Lipinski definition) is 1. The van der Waals surface area contributed by atoms with Gasteiger partial charge in [0.2, 0.25) is 0 Å². The molecule has 0 aliphatic carbocycles. The first-order valence-corrected chi connectivity index (χ1v) is 5.72. The van der Waals surface area contributed by atoms with Crippen LogP contribution in [0.4, 0.5) is 4.79 Å². The van der Waals surface area contributed by atoms with Crippen molar-refractivity contribution in [2.75, 3.05) is 6.61 Å². The summed E-state index contributed by atoms with van der Waals surface area (Å²) >= 11 is 0. The maximum Gasteiger partial charge on any atom is 0.433 e. The van der Waals surface area contributed by atoms with E-state index in [-0.39, 0.29) is 13.0 Å². The van der Waals surface area contributed by atoms with Crippen LogP contribution in [0.15, 0.2) is 29.6 Å². The van der Waals surface area contributed by atoms with Gasteiger partial charge < -0.3 is 9.84 Å². The van der Waals surface area contributed by atoms with Crippen molar-refractivity contribution < 1.29 is 14.6 Å². The molecule has 6 nitrogen and oxygen atoms in total. The molecule has 0 fully saturated rings. The molecule has 0 unspecified atom stereocenters. The van der Waals surface area contributed by atoms with Gasteiger partial charge in [0, 0.05) is 30.1 Å². The predicted octanol–water partition coefficient (Wildman–Crippen LogP) is 1.46. The van der Waals surface area contributed by atoms with E-state index < -0.39 is 11.8 Å². The molecule has 6 heteroatoms. The minimum Gasteiger partial charge on any atom is -0.448 e. The molecule has 1 aliphatic heterocycles. The Morgan fingerprint density at radius 1 is 1.67 bits per heavy atom. The van der Waals surface area contributed by atoms with Gasteiger partial charge in [-0.2, -0.15) is 10.1 Å². The molecule has 0 saturated carbocycles. The van der Waals surface area contributed by atoms with E-state index in [4.69, 9.17) is 4.74 Å². The number of hydrogen-bond acceptors (Lipinski definition) is 5. The van der Waals surface area contributed by atoms with Crippen molar-refractivity contribution in [3.05, 3.63) is 30.1 Å². The fourth-order valence-corrected chi connectivity index (χ4v) is 1.92. The van der Waals surface area contributed by atoms with Gasteiger partial charge in [0.05, 0.1) is 6.61 Å². The third-order valence-corrected chi connectivity index (χ3v) is 2.69. The van der Waals surface area contributed by atoms with Crippen molar-refractivity contribution in [3.63, 3.8) is 0 Å². The van der Waals surface area contributed by atoms with Crippen LogP contribution < -0.4 is 0 Å². The molecule has 18 heavy (non-hydrogen) atoms. The summed E-state index contributed by atoms with van der Waals surface area (Å²) in [5.41, 5.74) is -0.335. The number of aliphatic hydroxyl groups is 1. The van der Waals surface area contributed by atoms with Gasteiger partial charge in [0.15, 0.2) is 5.72 Å². The highest BCUT2D eigenvalue weighted by molar-refractivity contribution is 5.87. The van der Waals surface area contributed by atoms with Gasteiger partial charge in [-0.25, -0.2) is 4.79 Å². The second kappa shape index (κ2) is 4.73. The molecular weight excluding hydrogens is 234 g/mol. The minimum atomic E-state index is -1.51. The van der Waals surface area contributed by atoms with Crippen molar-refractivity contribution in [1.29, 1.82) is 0 Å². The standard InChI is InChI=1S/C12H15N3O3/c1-3-18-11(16)15-12(17,7-9(2)14-15)10-5-4-6-13-8-10/h4-6,8,17H,3,7H2,1-2H3/t12-/m1/s1. The Labute approximate surface area is 105 Å². The Hall–Kier alpha value is -1.95. The van der Waals surface area contributed by atoms with E-state index >= 15 is 0 Å². The molecule has 1 aromatic rings. The number of aromatic nitrogens is 1. The van der Waals surface area contributed by atoms with Gasteiger partial charge in [-0.3, -0.25) is 4.98 Å². The van der Waals surface area contributed by atoms with Crippen molar-refractivity contribution in [3.8, 4) is 0 Å². The zero-order chi connectivity index (χ0) is 13.2. The Bertz CT molecular complexity index is 475. The lowest BCUT2D eigenvalue weighted by atomic mass is 10.00. The smallest absolute Gasteiger partial charge is 0.433 e. The average Bonchev–Trinajstić information content (AvgIpc) is 2.68. The Morgan fingerprint density at radius 3 is 3.06 bits per heavy atom. The second-order valence-corrected chi connectivity index (χ2v) is 4.08. The number of nitrogens with zero attached hydrogens (tertiary/aromatic N) is 3. The largest absolute Gasteiger partial charge is 0.448 e. The van der Waals surface area contributed by atoms with Gasteiger partial charge in [-0.05, 0) is 19.9 Å². The van der Waals surface area contributed by atoms with Gasteiger partial charge in [0.25, 0.3) is 0 Å². The maximum atomic E-state index is 11.8. The number of carbonyl (C=O) groups is 1. The zero-order valence-corrected chi connectivity index (χ0v) is 10.3. The first-order valence-electron chi connectivity index (χ1n) is 5.72. The minimum absolute atomic E-state index is 0.229. The van der Waals surface area contributed by atoms with E-state index in [9.17, 15) is 9.90 Å². The Balaban J connectivity index is 2.34. The number of hydrazone groups is 1. The van der Waals surface area contributed by atoms with E-state index in [1.807, 2.05) is 0 Å². The summed E-state index contributed by atoms with van der Waals surface area (Å²) < 4.78 is 4.89.